The van der Waals surface area contributed by atoms with Crippen LogP contribution in [0.1, 0.15) is 34.8 Å². The van der Waals surface area contributed by atoms with Crippen LogP contribution in [0.4, 0.5) is 0 Å². The van der Waals surface area contributed by atoms with Gasteiger partial charge in [-0.3, -0.25) is 10.2 Å². The highest BCUT2D eigenvalue weighted by Gasteiger charge is 2.53. The van der Waals surface area contributed by atoms with E-state index in [1.54, 1.807) is 12.1 Å². The zero-order valence-corrected chi connectivity index (χ0v) is 27.5. The lowest BCUT2D eigenvalue weighted by Gasteiger charge is -2.31. The third-order valence-corrected chi connectivity index (χ3v) is 8.23. The van der Waals surface area contributed by atoms with Crippen molar-refractivity contribution in [3.63, 3.8) is 0 Å². The third-order valence-electron chi connectivity index (χ3n) is 8.23. The minimum atomic E-state index is -1.50. The highest BCUT2D eigenvalue weighted by Crippen LogP contribution is 2.43. The van der Waals surface area contributed by atoms with Gasteiger partial charge in [-0.1, -0.05) is 84.0 Å². The van der Waals surface area contributed by atoms with Gasteiger partial charge in [0.2, 0.25) is 5.90 Å². The Kier molecular flexibility index (Phi) is 12.4. The van der Waals surface area contributed by atoms with Gasteiger partial charge < -0.3 is 24.1 Å². The van der Waals surface area contributed by atoms with Crippen LogP contribution in [0.3, 0.4) is 0 Å². The zero-order valence-electron chi connectivity index (χ0n) is 27.5. The molecule has 1 amide bonds. The Bertz CT molecular complexity index is 1740. The molecule has 3 N–H and O–H groups in total. The number of methoxy groups -OCH3 is 2. The largest absolute Gasteiger partial charge is 0.494 e. The van der Waals surface area contributed by atoms with Gasteiger partial charge in [0.05, 0.1) is 19.7 Å². The second-order valence-electron chi connectivity index (χ2n) is 11.3. The first-order chi connectivity index (χ1) is 24.0. The summed E-state index contributed by atoms with van der Waals surface area (Å²) in [6.07, 6.45) is -0.793. The molecular formula is C37H40N6O6. The van der Waals surface area contributed by atoms with E-state index in [1.807, 2.05) is 91.0 Å². The summed E-state index contributed by atoms with van der Waals surface area (Å²) in [7, 11) is 3.03. The smallest absolute Gasteiger partial charge is 0.266 e. The fourth-order valence-electron chi connectivity index (χ4n) is 5.63. The van der Waals surface area contributed by atoms with Crippen molar-refractivity contribution in [3.05, 3.63) is 136 Å². The van der Waals surface area contributed by atoms with Crippen molar-refractivity contribution < 1.29 is 28.8 Å². The molecular weight excluding hydrogens is 624 g/mol. The van der Waals surface area contributed by atoms with Crippen molar-refractivity contribution in [1.82, 2.24) is 10.9 Å². The molecule has 0 fully saturated rings. The van der Waals surface area contributed by atoms with Crippen molar-refractivity contribution in [3.8, 4) is 16.9 Å². The molecule has 0 aliphatic carbocycles. The molecule has 4 aromatic rings. The van der Waals surface area contributed by atoms with Gasteiger partial charge in [-0.2, -0.15) is 0 Å². The van der Waals surface area contributed by atoms with Gasteiger partial charge in [-0.25, -0.2) is 10.4 Å². The van der Waals surface area contributed by atoms with Crippen molar-refractivity contribution in [1.29, 1.82) is 0 Å². The number of aliphatic hydroxyl groups excluding tert-OH is 1. The van der Waals surface area contributed by atoms with Crippen molar-refractivity contribution in [2.24, 2.45) is 10.1 Å². The Balaban J connectivity index is 1.58. The van der Waals surface area contributed by atoms with Crippen LogP contribution < -0.4 is 15.6 Å². The molecule has 1 heterocycles. The molecule has 49 heavy (non-hydrogen) atoms. The summed E-state index contributed by atoms with van der Waals surface area (Å²) in [4.78, 5) is 22.6. The molecule has 2 atom stereocenters. The maximum absolute atomic E-state index is 14.5. The first-order valence-electron chi connectivity index (χ1n) is 15.9. The fourth-order valence-corrected chi connectivity index (χ4v) is 5.63. The summed E-state index contributed by atoms with van der Waals surface area (Å²) >= 11 is 0. The Labute approximate surface area is 285 Å². The number of aliphatic imine (C=N–C) groups is 1. The standard InChI is InChI=1S/C37H40N6O6/c1-46-33(47-2)25-39-42-36(45)37(23-30-11-6-7-12-31(30)24-40-43-38)34(28-15-13-27(14-16-28)26-9-4-3-5-10-26)49-35(41-37)29-17-19-32(20-18-29)48-22-8-21-44/h3-7,9-20,33-34,39,44H,8,21-25H2,1-2H3,(H,42,45)/t34-,37-/m0/s1. The van der Waals surface area contributed by atoms with Gasteiger partial charge >= 0.3 is 0 Å². The monoisotopic (exact) mass is 664 g/mol. The molecule has 1 aliphatic rings. The maximum atomic E-state index is 14.5. The fraction of sp³-hybridized carbons (Fsp3) is 0.297. The number of hydrogen-bond acceptors (Lipinski definition) is 9. The average molecular weight is 665 g/mol. The summed E-state index contributed by atoms with van der Waals surface area (Å²) in [5, 5.41) is 12.9. The number of rotatable bonds is 17. The van der Waals surface area contributed by atoms with Gasteiger partial charge in [0.15, 0.2) is 17.9 Å². The summed E-state index contributed by atoms with van der Waals surface area (Å²) < 4.78 is 23.0. The van der Waals surface area contributed by atoms with Crippen LogP contribution in [0.2, 0.25) is 0 Å². The quantitative estimate of drug-likeness (QED) is 0.0328. The van der Waals surface area contributed by atoms with Crippen LogP contribution in [-0.2, 0) is 32.0 Å². The zero-order chi connectivity index (χ0) is 34.5. The van der Waals surface area contributed by atoms with E-state index in [0.717, 1.165) is 27.8 Å². The van der Waals surface area contributed by atoms with E-state index in [4.69, 9.17) is 34.6 Å². The van der Waals surface area contributed by atoms with E-state index in [0.29, 0.717) is 24.3 Å². The number of nitrogens with one attached hydrogen (secondary N) is 2. The molecule has 254 valence electrons. The second kappa shape index (κ2) is 17.3. The lowest BCUT2D eigenvalue weighted by atomic mass is 9.80. The summed E-state index contributed by atoms with van der Waals surface area (Å²) in [5.41, 5.74) is 18.4. The highest BCUT2D eigenvalue weighted by molar-refractivity contribution is 6.01. The first-order valence-corrected chi connectivity index (χ1v) is 15.9. The predicted octanol–water partition coefficient (Wildman–Crippen LogP) is 5.66. The molecule has 0 bridgehead atoms. The number of amides is 1. The van der Waals surface area contributed by atoms with Gasteiger partial charge in [0, 0.05) is 44.1 Å². The molecule has 0 unspecified atom stereocenters. The number of benzene rings is 4. The topological polar surface area (TPSA) is 159 Å². The number of hydrogen-bond donors (Lipinski definition) is 3. The number of hydrazine groups is 1. The van der Waals surface area contributed by atoms with Gasteiger partial charge in [0.1, 0.15) is 5.75 Å². The van der Waals surface area contributed by atoms with Crippen molar-refractivity contribution >= 4 is 11.8 Å². The highest BCUT2D eigenvalue weighted by atomic mass is 16.7. The minimum absolute atomic E-state index is 0.0407. The van der Waals surface area contributed by atoms with Crippen LogP contribution in [0.25, 0.3) is 21.6 Å². The Hall–Kier alpha value is -5.23. The molecule has 1 aliphatic heterocycles. The lowest BCUT2D eigenvalue weighted by molar-refractivity contribution is -0.131. The van der Waals surface area contributed by atoms with Crippen LogP contribution in [-0.4, -0.2) is 62.7 Å². The number of nitrogens with zero attached hydrogens (tertiary/aromatic N) is 4. The molecule has 12 heteroatoms. The van der Waals surface area contributed by atoms with E-state index in [2.05, 4.69) is 20.9 Å². The molecule has 0 radical (unpaired) electrons. The van der Waals surface area contributed by atoms with E-state index in [-0.39, 0.29) is 32.0 Å². The Morgan fingerprint density at radius 2 is 1.59 bits per heavy atom. The van der Waals surface area contributed by atoms with Gasteiger partial charge in [0.25, 0.3) is 5.91 Å². The normalized spacial score (nSPS) is 16.8. The van der Waals surface area contributed by atoms with Gasteiger partial charge in [-0.15, -0.1) is 0 Å². The summed E-state index contributed by atoms with van der Waals surface area (Å²) in [6.45, 7) is 0.706. The molecule has 5 rings (SSSR count). The number of carbonyl (C=O) groups is 1. The van der Waals surface area contributed by atoms with Crippen molar-refractivity contribution in [2.45, 2.75) is 37.3 Å². The molecule has 0 spiro atoms. The van der Waals surface area contributed by atoms with E-state index in [9.17, 15) is 4.79 Å². The van der Waals surface area contributed by atoms with Crippen molar-refractivity contribution in [2.75, 3.05) is 34.0 Å². The number of ether oxygens (including phenoxy) is 4. The minimum Gasteiger partial charge on any atom is -0.494 e. The predicted molar refractivity (Wildman–Crippen MR) is 186 cm³/mol. The van der Waals surface area contributed by atoms with E-state index >= 15 is 0 Å². The average Bonchev–Trinajstić information content (AvgIpc) is 3.54. The van der Waals surface area contributed by atoms with Crippen LogP contribution in [0.15, 0.2) is 113 Å². The summed E-state index contributed by atoms with van der Waals surface area (Å²) in [5.74, 6) is 0.483. The maximum Gasteiger partial charge on any atom is 0.266 e. The van der Waals surface area contributed by atoms with Crippen LogP contribution in [0, 0.1) is 0 Å². The Morgan fingerprint density at radius 3 is 2.27 bits per heavy atom. The lowest BCUT2D eigenvalue weighted by Crippen LogP contribution is -2.55. The van der Waals surface area contributed by atoms with E-state index < -0.39 is 23.8 Å². The number of azide groups is 1. The number of carbonyl (C=O) groups excluding carboxylic acids is 1. The van der Waals surface area contributed by atoms with Gasteiger partial charge in [-0.05, 0) is 57.6 Å². The Morgan fingerprint density at radius 1 is 0.939 bits per heavy atom. The molecule has 0 saturated heterocycles. The van der Waals surface area contributed by atoms with Crippen LogP contribution in [0.5, 0.6) is 5.75 Å². The second-order valence-corrected chi connectivity index (χ2v) is 11.3. The summed E-state index contributed by atoms with van der Waals surface area (Å²) in [6, 6.07) is 32.7. The number of aliphatic hydroxyl groups is 1. The van der Waals surface area contributed by atoms with Crippen LogP contribution >= 0.6 is 0 Å². The molecule has 4 aromatic carbocycles. The molecule has 0 saturated carbocycles. The SMILES string of the molecule is COC(CNNC(=O)[C@@]1(Cc2ccccc2CN=[N+]=[N-])N=C(c2ccc(OCCCO)cc2)O[C@H]1c1ccc(-c2ccccc2)cc1)OC. The first kappa shape index (κ1) is 35.1. The van der Waals surface area contributed by atoms with E-state index in [1.165, 1.54) is 14.2 Å². The molecule has 0 aromatic heterocycles. The third kappa shape index (κ3) is 8.63. The molecule has 12 nitrogen and oxygen atoms in total.